The van der Waals surface area contributed by atoms with Crippen LogP contribution in [-0.4, -0.2) is 32.5 Å². The molecule has 4 aromatic rings. The van der Waals surface area contributed by atoms with E-state index in [0.29, 0.717) is 29.7 Å². The number of thiazole rings is 1. The van der Waals surface area contributed by atoms with Crippen LogP contribution in [0.25, 0.3) is 11.3 Å². The molecule has 2 N–H and O–H groups in total. The van der Waals surface area contributed by atoms with Gasteiger partial charge in [-0.3, -0.25) is 4.98 Å². The average molecular weight is 461 g/mol. The van der Waals surface area contributed by atoms with Gasteiger partial charge < -0.3 is 15.4 Å². The maximum atomic E-state index is 12.0. The van der Waals surface area contributed by atoms with Crippen molar-refractivity contribution in [1.29, 1.82) is 0 Å². The number of nitrogens with zero attached hydrogens (tertiary/aromatic N) is 4. The number of esters is 1. The zero-order valence-corrected chi connectivity index (χ0v) is 19.4. The van der Waals surface area contributed by atoms with Crippen LogP contribution in [-0.2, 0) is 11.3 Å². The molecular weight excluding hydrogens is 436 g/mol. The van der Waals surface area contributed by atoms with E-state index in [-0.39, 0.29) is 5.97 Å². The van der Waals surface area contributed by atoms with Crippen LogP contribution < -0.4 is 10.6 Å². The lowest BCUT2D eigenvalue weighted by Crippen LogP contribution is -2.03. The zero-order chi connectivity index (χ0) is 23.2. The van der Waals surface area contributed by atoms with Gasteiger partial charge in [0, 0.05) is 35.5 Å². The summed E-state index contributed by atoms with van der Waals surface area (Å²) in [6, 6.07) is 11.7. The van der Waals surface area contributed by atoms with Crippen molar-refractivity contribution in [3.8, 4) is 11.3 Å². The topological polar surface area (TPSA) is 102 Å². The molecule has 4 rings (SSSR count). The van der Waals surface area contributed by atoms with Crippen molar-refractivity contribution in [3.05, 3.63) is 76.1 Å². The van der Waals surface area contributed by atoms with E-state index in [1.165, 1.54) is 11.3 Å². The van der Waals surface area contributed by atoms with Crippen LogP contribution >= 0.6 is 11.3 Å². The Morgan fingerprint density at radius 3 is 2.79 bits per heavy atom. The number of pyridine rings is 1. The first-order chi connectivity index (χ1) is 16.0. The van der Waals surface area contributed by atoms with E-state index in [4.69, 9.17) is 4.74 Å². The van der Waals surface area contributed by atoms with E-state index in [9.17, 15) is 4.79 Å². The highest BCUT2D eigenvalue weighted by atomic mass is 32.1. The molecule has 9 heteroatoms. The molecule has 0 unspecified atom stereocenters. The third-order valence-corrected chi connectivity index (χ3v) is 5.98. The molecule has 0 amide bonds. The number of aromatic nitrogens is 4. The number of nitrogens with one attached hydrogen (secondary N) is 2. The van der Waals surface area contributed by atoms with E-state index >= 15 is 0 Å². The fraction of sp³-hybridized carbons (Fsp3) is 0.208. The molecule has 0 saturated heterocycles. The molecule has 3 heterocycles. The number of hydrogen-bond acceptors (Lipinski definition) is 9. The van der Waals surface area contributed by atoms with Gasteiger partial charge in [-0.15, -0.1) is 11.3 Å². The summed E-state index contributed by atoms with van der Waals surface area (Å²) in [7, 11) is 0. The fourth-order valence-electron chi connectivity index (χ4n) is 3.17. The lowest BCUT2D eigenvalue weighted by molar-refractivity contribution is 0.0531. The lowest BCUT2D eigenvalue weighted by atomic mass is 10.2. The predicted octanol–water partition coefficient (Wildman–Crippen LogP) is 5.14. The number of hydrogen-bond donors (Lipinski definition) is 2. The van der Waals surface area contributed by atoms with E-state index in [2.05, 4.69) is 30.6 Å². The van der Waals surface area contributed by atoms with Crippen LogP contribution in [0.15, 0.2) is 55.0 Å². The summed E-state index contributed by atoms with van der Waals surface area (Å²) >= 11 is 1.35. The largest absolute Gasteiger partial charge is 0.462 e. The Hall–Kier alpha value is -3.85. The van der Waals surface area contributed by atoms with Gasteiger partial charge in [0.05, 0.1) is 24.5 Å². The van der Waals surface area contributed by atoms with Gasteiger partial charge in [0.15, 0.2) is 0 Å². The lowest BCUT2D eigenvalue weighted by Gasteiger charge is -2.12. The van der Waals surface area contributed by atoms with Crippen molar-refractivity contribution in [2.45, 2.75) is 27.3 Å². The minimum absolute atomic E-state index is 0.325. The number of benzene rings is 1. The van der Waals surface area contributed by atoms with Gasteiger partial charge in [0.2, 0.25) is 5.95 Å². The predicted molar refractivity (Wildman–Crippen MR) is 130 cm³/mol. The summed E-state index contributed by atoms with van der Waals surface area (Å²) in [4.78, 5) is 30.2. The van der Waals surface area contributed by atoms with Crippen molar-refractivity contribution in [3.63, 3.8) is 0 Å². The molecule has 0 saturated carbocycles. The summed E-state index contributed by atoms with van der Waals surface area (Å²) in [6.07, 6.45) is 5.23. The van der Waals surface area contributed by atoms with Gasteiger partial charge in [0.1, 0.15) is 9.88 Å². The van der Waals surface area contributed by atoms with Crippen LogP contribution in [0.2, 0.25) is 0 Å². The third-order valence-electron chi connectivity index (χ3n) is 4.84. The Labute approximate surface area is 196 Å². The Morgan fingerprint density at radius 2 is 2.00 bits per heavy atom. The maximum Gasteiger partial charge on any atom is 0.350 e. The van der Waals surface area contributed by atoms with Gasteiger partial charge in [0.25, 0.3) is 0 Å². The molecule has 33 heavy (non-hydrogen) atoms. The van der Waals surface area contributed by atoms with Gasteiger partial charge in [-0.2, -0.15) is 0 Å². The summed E-state index contributed by atoms with van der Waals surface area (Å²) in [5.74, 6) is 0.181. The molecule has 0 aliphatic carbocycles. The minimum Gasteiger partial charge on any atom is -0.462 e. The maximum absolute atomic E-state index is 12.0. The smallest absolute Gasteiger partial charge is 0.350 e. The van der Waals surface area contributed by atoms with Crippen molar-refractivity contribution < 1.29 is 9.53 Å². The van der Waals surface area contributed by atoms with Gasteiger partial charge in [-0.05, 0) is 56.7 Å². The number of anilines is 3. The highest BCUT2D eigenvalue weighted by molar-refractivity contribution is 7.13. The van der Waals surface area contributed by atoms with E-state index in [0.717, 1.165) is 33.2 Å². The van der Waals surface area contributed by atoms with E-state index in [1.54, 1.807) is 25.5 Å². The fourth-order valence-corrected chi connectivity index (χ4v) is 4.07. The number of carbonyl (C=O) groups is 1. The number of aryl methyl sites for hydroxylation is 2. The van der Waals surface area contributed by atoms with Crippen molar-refractivity contribution in [2.24, 2.45) is 0 Å². The van der Waals surface area contributed by atoms with Gasteiger partial charge >= 0.3 is 5.97 Å². The molecular formula is C24H24N6O2S. The Bertz CT molecular complexity index is 1260. The van der Waals surface area contributed by atoms with Crippen LogP contribution in [0.3, 0.4) is 0 Å². The molecule has 0 aliphatic heterocycles. The zero-order valence-electron chi connectivity index (χ0n) is 18.6. The first kappa shape index (κ1) is 22.3. The van der Waals surface area contributed by atoms with Crippen LogP contribution in [0.1, 0.15) is 32.9 Å². The van der Waals surface area contributed by atoms with E-state index < -0.39 is 0 Å². The number of ether oxygens (including phenoxy) is 1. The Balaban J connectivity index is 1.47. The molecule has 8 nitrogen and oxygen atoms in total. The van der Waals surface area contributed by atoms with Crippen molar-refractivity contribution in [1.82, 2.24) is 19.9 Å². The molecule has 0 bridgehead atoms. The third kappa shape index (κ3) is 5.50. The van der Waals surface area contributed by atoms with Crippen LogP contribution in [0.5, 0.6) is 0 Å². The van der Waals surface area contributed by atoms with Crippen molar-refractivity contribution in [2.75, 3.05) is 17.2 Å². The summed E-state index contributed by atoms with van der Waals surface area (Å²) in [5, 5.41) is 7.49. The molecule has 0 fully saturated rings. The Morgan fingerprint density at radius 1 is 1.12 bits per heavy atom. The molecule has 0 atom stereocenters. The molecule has 0 radical (unpaired) electrons. The second kappa shape index (κ2) is 10.2. The van der Waals surface area contributed by atoms with E-state index in [1.807, 2.05) is 50.2 Å². The van der Waals surface area contributed by atoms with Crippen LogP contribution in [0, 0.1) is 13.8 Å². The standard InChI is InChI=1S/C24H24N6O2S/c1-4-32-23(31)22-16(3)28-21(33-22)14-27-18-8-7-15(2)20(12-18)30-24-26-11-9-19(29-24)17-6-5-10-25-13-17/h5-13,27H,4,14H2,1-3H3,(H,26,29,30). The monoisotopic (exact) mass is 460 g/mol. The Kier molecular flexibility index (Phi) is 6.89. The number of carbonyl (C=O) groups excluding carboxylic acids is 1. The second-order valence-corrected chi connectivity index (χ2v) is 8.34. The molecule has 1 aromatic carbocycles. The first-order valence-corrected chi connectivity index (χ1v) is 11.3. The minimum atomic E-state index is -0.325. The second-order valence-electron chi connectivity index (χ2n) is 7.26. The highest BCUT2D eigenvalue weighted by Crippen LogP contribution is 2.25. The summed E-state index contributed by atoms with van der Waals surface area (Å²) in [6.45, 7) is 6.48. The normalized spacial score (nSPS) is 10.6. The highest BCUT2D eigenvalue weighted by Gasteiger charge is 2.16. The average Bonchev–Trinajstić information content (AvgIpc) is 3.21. The van der Waals surface area contributed by atoms with Gasteiger partial charge in [-0.25, -0.2) is 19.7 Å². The number of rotatable bonds is 8. The molecule has 0 spiro atoms. The van der Waals surface area contributed by atoms with Crippen molar-refractivity contribution >= 4 is 34.6 Å². The van der Waals surface area contributed by atoms with Crippen LogP contribution in [0.4, 0.5) is 17.3 Å². The molecule has 168 valence electrons. The van der Waals surface area contributed by atoms with Gasteiger partial charge in [-0.1, -0.05) is 6.07 Å². The summed E-state index contributed by atoms with van der Waals surface area (Å²) in [5.41, 5.74) is 5.28. The molecule has 0 aliphatic rings. The quantitative estimate of drug-likeness (QED) is 0.348. The summed E-state index contributed by atoms with van der Waals surface area (Å²) < 4.78 is 5.09. The SMILES string of the molecule is CCOC(=O)c1sc(CNc2ccc(C)c(Nc3nccc(-c4cccnc4)n3)c2)nc1C. The molecule has 3 aromatic heterocycles. The first-order valence-electron chi connectivity index (χ1n) is 10.5.